The Bertz CT molecular complexity index is 540. The first-order valence-electron chi connectivity index (χ1n) is 6.71. The summed E-state index contributed by atoms with van der Waals surface area (Å²) >= 11 is 0. The highest BCUT2D eigenvalue weighted by molar-refractivity contribution is 5.98. The number of carbonyl (C=O) groups is 1. The molecule has 3 heteroatoms. The van der Waals surface area contributed by atoms with Crippen LogP contribution in [0.2, 0.25) is 0 Å². The number of para-hydroxylation sites is 1. The number of hydrogen-bond acceptors (Lipinski definition) is 2. The molecule has 1 unspecified atom stereocenters. The molecule has 19 heavy (non-hydrogen) atoms. The van der Waals surface area contributed by atoms with Gasteiger partial charge in [-0.3, -0.25) is 4.79 Å². The molecule has 1 aromatic carbocycles. The van der Waals surface area contributed by atoms with Gasteiger partial charge < -0.3 is 4.90 Å². The molecule has 0 aromatic heterocycles. The molecule has 1 heterocycles. The molecule has 100 valence electrons. The number of anilines is 1. The maximum atomic E-state index is 12.3. The van der Waals surface area contributed by atoms with E-state index in [0.29, 0.717) is 12.3 Å². The van der Waals surface area contributed by atoms with E-state index in [0.717, 1.165) is 11.3 Å². The third-order valence-electron chi connectivity index (χ3n) is 4.01. The van der Waals surface area contributed by atoms with E-state index in [2.05, 4.69) is 26.0 Å². The van der Waals surface area contributed by atoms with Gasteiger partial charge in [0.05, 0.1) is 17.5 Å². The molecule has 2 rings (SSSR count). The second-order valence-electron chi connectivity index (χ2n) is 5.98. The van der Waals surface area contributed by atoms with E-state index >= 15 is 0 Å². The predicted octanol–water partition coefficient (Wildman–Crippen LogP) is 3.47. The molecule has 0 saturated carbocycles. The molecule has 1 aliphatic heterocycles. The number of nitriles is 1. The van der Waals surface area contributed by atoms with Gasteiger partial charge in [-0.25, -0.2) is 0 Å². The summed E-state index contributed by atoms with van der Waals surface area (Å²) in [6.07, 6.45) is 0.315. The highest BCUT2D eigenvalue weighted by atomic mass is 16.2. The maximum absolute atomic E-state index is 12.3. The van der Waals surface area contributed by atoms with Crippen LogP contribution in [0.25, 0.3) is 0 Å². The third-order valence-corrected chi connectivity index (χ3v) is 4.01. The van der Waals surface area contributed by atoms with Crippen molar-refractivity contribution in [1.29, 1.82) is 5.26 Å². The van der Waals surface area contributed by atoms with Crippen molar-refractivity contribution >= 4 is 11.6 Å². The van der Waals surface area contributed by atoms with Gasteiger partial charge in [-0.15, -0.1) is 0 Å². The topological polar surface area (TPSA) is 44.1 Å². The van der Waals surface area contributed by atoms with Crippen molar-refractivity contribution < 1.29 is 4.79 Å². The van der Waals surface area contributed by atoms with Gasteiger partial charge in [0.2, 0.25) is 5.91 Å². The third kappa shape index (κ3) is 2.12. The second-order valence-corrected chi connectivity index (χ2v) is 5.98. The molecule has 0 radical (unpaired) electrons. The number of rotatable bonds is 2. The zero-order valence-electron chi connectivity index (χ0n) is 12.0. The second kappa shape index (κ2) is 4.70. The molecule has 1 aromatic rings. The minimum atomic E-state index is -0.448. The fourth-order valence-electron chi connectivity index (χ4n) is 2.82. The number of amides is 1. The number of carbonyl (C=O) groups excluding carboxylic acids is 1. The zero-order chi connectivity index (χ0) is 14.2. The molecule has 1 aliphatic rings. The minimum Gasteiger partial charge on any atom is -0.305 e. The smallest absolute Gasteiger partial charge is 0.228 e. The van der Waals surface area contributed by atoms with Crippen LogP contribution in [0.4, 0.5) is 5.69 Å². The summed E-state index contributed by atoms with van der Waals surface area (Å²) < 4.78 is 0. The Morgan fingerprint density at radius 2 is 2.00 bits per heavy atom. The van der Waals surface area contributed by atoms with Gasteiger partial charge in [0.15, 0.2) is 0 Å². The summed E-state index contributed by atoms with van der Waals surface area (Å²) in [4.78, 5) is 14.1. The average molecular weight is 256 g/mol. The molecule has 3 nitrogen and oxygen atoms in total. The molecule has 0 aliphatic carbocycles. The molecule has 0 bridgehead atoms. The van der Waals surface area contributed by atoms with Gasteiger partial charge in [0.1, 0.15) is 0 Å². The molecular formula is C16H20N2O. The van der Waals surface area contributed by atoms with E-state index in [9.17, 15) is 10.1 Å². The molecule has 0 spiro atoms. The number of hydrogen-bond donors (Lipinski definition) is 0. The van der Waals surface area contributed by atoms with E-state index in [-0.39, 0.29) is 11.8 Å². The molecule has 1 amide bonds. The Kier molecular flexibility index (Phi) is 3.36. The Hall–Kier alpha value is -1.82. The monoisotopic (exact) mass is 256 g/mol. The highest BCUT2D eigenvalue weighted by Crippen LogP contribution is 2.41. The van der Waals surface area contributed by atoms with Gasteiger partial charge in [-0.1, -0.05) is 32.0 Å². The van der Waals surface area contributed by atoms with Crippen molar-refractivity contribution in [2.24, 2.45) is 5.92 Å². The van der Waals surface area contributed by atoms with Crippen molar-refractivity contribution in [1.82, 2.24) is 0 Å². The van der Waals surface area contributed by atoms with Crippen LogP contribution in [0, 0.1) is 17.2 Å². The normalized spacial score (nSPS) is 21.8. The Labute approximate surface area is 114 Å². The lowest BCUT2D eigenvalue weighted by Crippen LogP contribution is -2.44. The van der Waals surface area contributed by atoms with Crippen molar-refractivity contribution in [3.63, 3.8) is 0 Å². The van der Waals surface area contributed by atoms with Crippen molar-refractivity contribution in [3.8, 4) is 6.07 Å². The Morgan fingerprint density at radius 3 is 2.53 bits per heavy atom. The fourth-order valence-corrected chi connectivity index (χ4v) is 2.82. The Morgan fingerprint density at radius 1 is 1.37 bits per heavy atom. The van der Waals surface area contributed by atoms with Crippen LogP contribution in [-0.4, -0.2) is 11.4 Å². The van der Waals surface area contributed by atoms with Crippen molar-refractivity contribution in [2.45, 2.75) is 45.6 Å². The molecular weight excluding hydrogens is 236 g/mol. The molecule has 0 N–H and O–H groups in total. The lowest BCUT2D eigenvalue weighted by atomic mass is 9.89. The summed E-state index contributed by atoms with van der Waals surface area (Å²) in [5.41, 5.74) is 1.66. The van der Waals surface area contributed by atoms with Gasteiger partial charge in [0, 0.05) is 12.1 Å². The Balaban J connectivity index is 2.53. The lowest BCUT2D eigenvalue weighted by Gasteiger charge is -2.35. The van der Waals surface area contributed by atoms with Crippen molar-refractivity contribution in [3.05, 3.63) is 29.8 Å². The van der Waals surface area contributed by atoms with Crippen LogP contribution in [0.15, 0.2) is 24.3 Å². The van der Waals surface area contributed by atoms with Crippen LogP contribution in [0.3, 0.4) is 0 Å². The van der Waals surface area contributed by atoms with Crippen LogP contribution in [0.5, 0.6) is 0 Å². The average Bonchev–Trinajstić information content (AvgIpc) is 2.58. The van der Waals surface area contributed by atoms with Gasteiger partial charge in [0.25, 0.3) is 0 Å². The lowest BCUT2D eigenvalue weighted by molar-refractivity contribution is -0.117. The minimum absolute atomic E-state index is 0.0460. The van der Waals surface area contributed by atoms with Crippen molar-refractivity contribution in [2.75, 3.05) is 4.90 Å². The summed E-state index contributed by atoms with van der Waals surface area (Å²) in [5.74, 6) is 0.144. The van der Waals surface area contributed by atoms with Crippen LogP contribution >= 0.6 is 0 Å². The quantitative estimate of drug-likeness (QED) is 0.813. The first-order valence-corrected chi connectivity index (χ1v) is 6.71. The molecule has 1 saturated heterocycles. The molecule has 1 atom stereocenters. The van der Waals surface area contributed by atoms with Crippen LogP contribution < -0.4 is 4.90 Å². The van der Waals surface area contributed by atoms with E-state index in [1.54, 1.807) is 0 Å². The first kappa shape index (κ1) is 13.6. The van der Waals surface area contributed by atoms with E-state index < -0.39 is 5.54 Å². The van der Waals surface area contributed by atoms with E-state index in [1.807, 2.05) is 36.9 Å². The van der Waals surface area contributed by atoms with Gasteiger partial charge >= 0.3 is 0 Å². The van der Waals surface area contributed by atoms with E-state index in [4.69, 9.17) is 0 Å². The van der Waals surface area contributed by atoms with Gasteiger partial charge in [-0.05, 0) is 31.4 Å². The summed E-state index contributed by atoms with van der Waals surface area (Å²) in [7, 11) is 0. The highest BCUT2D eigenvalue weighted by Gasteiger charge is 2.47. The first-order chi connectivity index (χ1) is 8.89. The SMILES string of the molecule is CC(C)c1ccccc1N1C(=O)CC(C#N)C1(C)C. The number of nitrogens with zero attached hydrogens (tertiary/aromatic N) is 2. The largest absolute Gasteiger partial charge is 0.305 e. The maximum Gasteiger partial charge on any atom is 0.228 e. The summed E-state index contributed by atoms with van der Waals surface area (Å²) in [6, 6.07) is 10.3. The standard InChI is InChI=1S/C16H20N2O/c1-11(2)13-7-5-6-8-14(13)18-15(19)9-12(10-17)16(18,3)4/h5-8,11-12H,9H2,1-4H3. The van der Waals surface area contributed by atoms with Crippen LogP contribution in [-0.2, 0) is 4.79 Å². The van der Waals surface area contributed by atoms with Crippen LogP contribution in [0.1, 0.15) is 45.6 Å². The fraction of sp³-hybridized carbons (Fsp3) is 0.500. The van der Waals surface area contributed by atoms with Gasteiger partial charge in [-0.2, -0.15) is 5.26 Å². The number of benzene rings is 1. The van der Waals surface area contributed by atoms with E-state index in [1.165, 1.54) is 0 Å². The predicted molar refractivity (Wildman–Crippen MR) is 75.8 cm³/mol. The zero-order valence-corrected chi connectivity index (χ0v) is 12.0. The summed E-state index contributed by atoms with van der Waals surface area (Å²) in [5, 5.41) is 9.23. The molecule has 1 fully saturated rings. The summed E-state index contributed by atoms with van der Waals surface area (Å²) in [6.45, 7) is 8.19.